The van der Waals surface area contributed by atoms with E-state index in [1.54, 1.807) is 11.1 Å². The van der Waals surface area contributed by atoms with Crippen LogP contribution in [0.1, 0.15) is 24.2 Å². The lowest BCUT2D eigenvalue weighted by molar-refractivity contribution is -0.0262. The predicted octanol–water partition coefficient (Wildman–Crippen LogP) is 1.61. The molecular weight excluding hydrogens is 292 g/mol. The van der Waals surface area contributed by atoms with Crippen LogP contribution in [0.2, 0.25) is 0 Å². The number of carbonyl (C=O) groups is 1. The number of likely N-dealkylation sites (tertiary alicyclic amines) is 1. The Bertz CT molecular complexity index is 660. The maximum absolute atomic E-state index is 12.2. The van der Waals surface area contributed by atoms with Crippen molar-refractivity contribution in [2.75, 3.05) is 13.1 Å². The summed E-state index contributed by atoms with van der Waals surface area (Å²) in [5, 5.41) is 13.7. The van der Waals surface area contributed by atoms with Crippen LogP contribution >= 0.6 is 0 Å². The highest BCUT2D eigenvalue weighted by molar-refractivity contribution is 5.74. The van der Waals surface area contributed by atoms with Crippen molar-refractivity contribution in [3.05, 3.63) is 54.1 Å². The number of nitrogens with zero attached hydrogens (tertiary/aromatic N) is 3. The third kappa shape index (κ3) is 3.37. The molecule has 0 saturated carbocycles. The molecule has 23 heavy (non-hydrogen) atoms. The molecule has 1 aliphatic heterocycles. The third-order valence-corrected chi connectivity index (χ3v) is 4.40. The van der Waals surface area contributed by atoms with E-state index in [1.165, 1.54) is 0 Å². The summed E-state index contributed by atoms with van der Waals surface area (Å²) in [5.41, 5.74) is 0.122. The topological polar surface area (TPSA) is 70.4 Å². The van der Waals surface area contributed by atoms with Gasteiger partial charge in [0.15, 0.2) is 0 Å². The summed E-state index contributed by atoms with van der Waals surface area (Å²) in [6.45, 7) is 1.55. The van der Waals surface area contributed by atoms with Crippen LogP contribution in [-0.2, 0) is 19.2 Å². The first kappa shape index (κ1) is 15.6. The molecule has 0 unspecified atom stereocenters. The molecule has 0 bridgehead atoms. The number of aliphatic hydroxyl groups is 1. The number of benzene rings is 1. The van der Waals surface area contributed by atoms with Gasteiger partial charge < -0.3 is 19.9 Å². The Morgan fingerprint density at radius 2 is 2.00 bits per heavy atom. The first-order valence-electron chi connectivity index (χ1n) is 7.85. The minimum atomic E-state index is -0.950. The normalized spacial score (nSPS) is 17.0. The summed E-state index contributed by atoms with van der Waals surface area (Å²) >= 11 is 0. The standard InChI is InChI=1S/C17H22N4O2/c1-20-12-9-18-15(20)17(23)7-10-21(11-8-17)16(22)19-13-14-5-3-2-4-6-14/h2-6,9,12,23H,7-8,10-11,13H2,1H3,(H,19,22). The molecule has 2 aromatic rings. The van der Waals surface area contributed by atoms with E-state index >= 15 is 0 Å². The summed E-state index contributed by atoms with van der Waals surface area (Å²) in [4.78, 5) is 18.2. The average molecular weight is 314 g/mol. The van der Waals surface area contributed by atoms with Crippen LogP contribution in [-0.4, -0.2) is 38.7 Å². The van der Waals surface area contributed by atoms with E-state index in [0.29, 0.717) is 38.3 Å². The fraction of sp³-hybridized carbons (Fsp3) is 0.412. The number of hydrogen-bond donors (Lipinski definition) is 2. The van der Waals surface area contributed by atoms with Gasteiger partial charge in [-0.2, -0.15) is 0 Å². The second-order valence-corrected chi connectivity index (χ2v) is 6.02. The molecule has 1 fully saturated rings. The summed E-state index contributed by atoms with van der Waals surface area (Å²) in [7, 11) is 1.87. The minimum Gasteiger partial charge on any atom is -0.382 e. The minimum absolute atomic E-state index is 0.0873. The van der Waals surface area contributed by atoms with Crippen molar-refractivity contribution < 1.29 is 9.90 Å². The molecule has 3 rings (SSSR count). The molecular formula is C17H22N4O2. The van der Waals surface area contributed by atoms with Gasteiger partial charge >= 0.3 is 6.03 Å². The second-order valence-electron chi connectivity index (χ2n) is 6.02. The smallest absolute Gasteiger partial charge is 0.317 e. The van der Waals surface area contributed by atoms with E-state index in [4.69, 9.17) is 0 Å². The van der Waals surface area contributed by atoms with Crippen LogP contribution in [0.4, 0.5) is 4.79 Å². The molecule has 1 aliphatic rings. The highest BCUT2D eigenvalue weighted by Gasteiger charge is 2.38. The lowest BCUT2D eigenvalue weighted by atomic mass is 9.90. The van der Waals surface area contributed by atoms with Gasteiger partial charge in [-0.3, -0.25) is 0 Å². The summed E-state index contributed by atoms with van der Waals surface area (Å²) < 4.78 is 1.84. The van der Waals surface area contributed by atoms with E-state index in [1.807, 2.05) is 48.1 Å². The fourth-order valence-corrected chi connectivity index (χ4v) is 3.00. The lowest BCUT2D eigenvalue weighted by Gasteiger charge is -2.37. The molecule has 6 heteroatoms. The number of urea groups is 1. The van der Waals surface area contributed by atoms with Crippen molar-refractivity contribution in [3.8, 4) is 0 Å². The molecule has 1 aromatic heterocycles. The number of rotatable bonds is 3. The number of aryl methyl sites for hydroxylation is 1. The van der Waals surface area contributed by atoms with Gasteiger partial charge in [0, 0.05) is 51.9 Å². The molecule has 1 saturated heterocycles. The predicted molar refractivity (Wildman–Crippen MR) is 86.6 cm³/mol. The molecule has 2 N–H and O–H groups in total. The maximum atomic E-state index is 12.2. The van der Waals surface area contributed by atoms with Crippen LogP contribution < -0.4 is 5.32 Å². The van der Waals surface area contributed by atoms with Gasteiger partial charge in [-0.25, -0.2) is 9.78 Å². The molecule has 0 aliphatic carbocycles. The monoisotopic (exact) mass is 314 g/mol. The molecule has 2 heterocycles. The summed E-state index contributed by atoms with van der Waals surface area (Å²) in [6.07, 6.45) is 4.51. The molecule has 0 radical (unpaired) electrons. The SMILES string of the molecule is Cn1ccnc1C1(O)CCN(C(=O)NCc2ccccc2)CC1. The van der Waals surface area contributed by atoms with E-state index in [0.717, 1.165) is 5.56 Å². The number of aromatic nitrogens is 2. The number of piperidine rings is 1. The van der Waals surface area contributed by atoms with E-state index in [2.05, 4.69) is 10.3 Å². The zero-order valence-electron chi connectivity index (χ0n) is 13.3. The zero-order chi connectivity index (χ0) is 16.3. The highest BCUT2D eigenvalue weighted by Crippen LogP contribution is 2.31. The van der Waals surface area contributed by atoms with Gasteiger partial charge in [-0.05, 0) is 5.56 Å². The molecule has 6 nitrogen and oxygen atoms in total. The average Bonchev–Trinajstić information content (AvgIpc) is 3.01. The van der Waals surface area contributed by atoms with Gasteiger partial charge in [0.1, 0.15) is 11.4 Å². The number of nitrogens with one attached hydrogen (secondary N) is 1. The Labute approximate surface area is 135 Å². The zero-order valence-corrected chi connectivity index (χ0v) is 13.3. The third-order valence-electron chi connectivity index (χ3n) is 4.40. The van der Waals surface area contributed by atoms with Gasteiger partial charge in [-0.1, -0.05) is 30.3 Å². The number of amides is 2. The maximum Gasteiger partial charge on any atom is 0.317 e. The van der Waals surface area contributed by atoms with Gasteiger partial charge in [0.05, 0.1) is 0 Å². The van der Waals surface area contributed by atoms with Crippen molar-refractivity contribution in [2.45, 2.75) is 25.0 Å². The van der Waals surface area contributed by atoms with Crippen LogP contribution in [0.25, 0.3) is 0 Å². The Morgan fingerprint density at radius 3 is 2.61 bits per heavy atom. The molecule has 2 amide bonds. The summed E-state index contributed by atoms with van der Waals surface area (Å²) in [6, 6.07) is 9.74. The van der Waals surface area contributed by atoms with Crippen LogP contribution in [0, 0.1) is 0 Å². The lowest BCUT2D eigenvalue weighted by Crippen LogP contribution is -2.49. The fourth-order valence-electron chi connectivity index (χ4n) is 3.00. The van der Waals surface area contributed by atoms with Gasteiger partial charge in [0.25, 0.3) is 0 Å². The Balaban J connectivity index is 1.54. The van der Waals surface area contributed by atoms with Gasteiger partial charge in [0.2, 0.25) is 0 Å². The van der Waals surface area contributed by atoms with E-state index in [9.17, 15) is 9.90 Å². The van der Waals surface area contributed by atoms with Crippen molar-refractivity contribution in [1.29, 1.82) is 0 Å². The van der Waals surface area contributed by atoms with Crippen molar-refractivity contribution in [3.63, 3.8) is 0 Å². The van der Waals surface area contributed by atoms with Crippen LogP contribution in [0.3, 0.4) is 0 Å². The van der Waals surface area contributed by atoms with E-state index in [-0.39, 0.29) is 6.03 Å². The summed E-state index contributed by atoms with van der Waals surface area (Å²) in [5.74, 6) is 0.668. The van der Waals surface area contributed by atoms with Crippen LogP contribution in [0.5, 0.6) is 0 Å². The molecule has 0 atom stereocenters. The molecule has 122 valence electrons. The number of imidazole rings is 1. The van der Waals surface area contributed by atoms with E-state index < -0.39 is 5.60 Å². The Kier molecular flexibility index (Phi) is 4.34. The molecule has 0 spiro atoms. The quantitative estimate of drug-likeness (QED) is 0.904. The first-order valence-corrected chi connectivity index (χ1v) is 7.85. The Morgan fingerprint density at radius 1 is 1.30 bits per heavy atom. The largest absolute Gasteiger partial charge is 0.382 e. The Hall–Kier alpha value is -2.34. The second kappa shape index (κ2) is 6.42. The highest BCUT2D eigenvalue weighted by atomic mass is 16.3. The van der Waals surface area contributed by atoms with Crippen molar-refractivity contribution >= 4 is 6.03 Å². The number of carbonyl (C=O) groups excluding carboxylic acids is 1. The van der Waals surface area contributed by atoms with Crippen LogP contribution in [0.15, 0.2) is 42.7 Å². The van der Waals surface area contributed by atoms with Crippen molar-refractivity contribution in [2.24, 2.45) is 7.05 Å². The number of hydrogen-bond acceptors (Lipinski definition) is 3. The van der Waals surface area contributed by atoms with Gasteiger partial charge in [-0.15, -0.1) is 0 Å². The first-order chi connectivity index (χ1) is 11.1. The molecule has 1 aromatic carbocycles. The van der Waals surface area contributed by atoms with Crippen molar-refractivity contribution in [1.82, 2.24) is 19.8 Å².